The monoisotopic (exact) mass is 221 g/mol. The van der Waals surface area contributed by atoms with Crippen LogP contribution in [0.2, 0.25) is 0 Å². The maximum absolute atomic E-state index is 12.6. The van der Waals surface area contributed by atoms with Crippen LogP contribution in [0.4, 0.5) is 13.2 Å². The van der Waals surface area contributed by atoms with Gasteiger partial charge in [-0.25, -0.2) is 0 Å². The highest BCUT2D eigenvalue weighted by atomic mass is 32.1. The van der Waals surface area contributed by atoms with Crippen molar-refractivity contribution in [3.05, 3.63) is 21.4 Å². The van der Waals surface area contributed by atoms with Crippen LogP contribution in [0.1, 0.15) is 34.1 Å². The van der Waals surface area contributed by atoms with Crippen LogP contribution in [0.15, 0.2) is 6.07 Å². The van der Waals surface area contributed by atoms with Gasteiger partial charge in [0.25, 0.3) is 0 Å². The fraction of sp³-hybridized carbons (Fsp3) is 0.556. The molecule has 14 heavy (non-hydrogen) atoms. The van der Waals surface area contributed by atoms with Crippen molar-refractivity contribution in [2.24, 2.45) is 5.73 Å². The molecule has 0 saturated heterocycles. The van der Waals surface area contributed by atoms with Crippen LogP contribution in [0.5, 0.6) is 0 Å². The summed E-state index contributed by atoms with van der Waals surface area (Å²) in [6.45, 7) is 0.195. The summed E-state index contributed by atoms with van der Waals surface area (Å²) in [5, 5.41) is 0. The summed E-state index contributed by atoms with van der Waals surface area (Å²) < 4.78 is 37.7. The highest BCUT2D eigenvalue weighted by Gasteiger charge is 2.40. The van der Waals surface area contributed by atoms with E-state index in [9.17, 15) is 13.2 Å². The van der Waals surface area contributed by atoms with Crippen LogP contribution in [0.25, 0.3) is 0 Å². The number of hydrogen-bond donors (Lipinski definition) is 1. The summed E-state index contributed by atoms with van der Waals surface area (Å²) >= 11 is 0.785. The molecule has 0 unspecified atom stereocenters. The van der Waals surface area contributed by atoms with E-state index in [4.69, 9.17) is 5.73 Å². The van der Waals surface area contributed by atoms with E-state index in [1.807, 2.05) is 0 Å². The van der Waals surface area contributed by atoms with Gasteiger partial charge in [0.1, 0.15) is 4.88 Å². The second-order valence-corrected chi connectivity index (χ2v) is 4.61. The third-order valence-electron chi connectivity index (χ3n) is 2.29. The summed E-state index contributed by atoms with van der Waals surface area (Å²) in [5.74, 6) is 0.128. The van der Waals surface area contributed by atoms with E-state index in [2.05, 4.69) is 0 Å². The topological polar surface area (TPSA) is 26.0 Å². The fourth-order valence-electron chi connectivity index (χ4n) is 1.48. The highest BCUT2D eigenvalue weighted by molar-refractivity contribution is 7.12. The van der Waals surface area contributed by atoms with Gasteiger partial charge in [0, 0.05) is 11.4 Å². The lowest BCUT2D eigenvalue weighted by atomic mass is 10.1. The molecule has 1 aromatic heterocycles. The zero-order valence-electron chi connectivity index (χ0n) is 7.40. The van der Waals surface area contributed by atoms with Crippen molar-refractivity contribution in [2.75, 3.05) is 0 Å². The molecule has 1 saturated carbocycles. The second kappa shape index (κ2) is 3.24. The maximum Gasteiger partial charge on any atom is 0.425 e. The first kappa shape index (κ1) is 9.98. The van der Waals surface area contributed by atoms with Crippen LogP contribution in [0.3, 0.4) is 0 Å². The SMILES string of the molecule is NCc1cc(C2CC2)c(C(F)(F)F)s1. The van der Waals surface area contributed by atoms with Crippen molar-refractivity contribution in [1.29, 1.82) is 0 Å². The van der Waals surface area contributed by atoms with Crippen LogP contribution in [-0.4, -0.2) is 0 Å². The molecule has 1 heterocycles. The Kier molecular flexibility index (Phi) is 2.31. The molecule has 1 aromatic rings. The molecule has 0 aliphatic heterocycles. The van der Waals surface area contributed by atoms with Crippen LogP contribution >= 0.6 is 11.3 Å². The average molecular weight is 221 g/mol. The van der Waals surface area contributed by atoms with Gasteiger partial charge in [-0.3, -0.25) is 0 Å². The summed E-state index contributed by atoms with van der Waals surface area (Å²) in [5.41, 5.74) is 5.80. The van der Waals surface area contributed by atoms with E-state index in [-0.39, 0.29) is 12.5 Å². The van der Waals surface area contributed by atoms with Gasteiger partial charge >= 0.3 is 6.18 Å². The summed E-state index contributed by atoms with van der Waals surface area (Å²) in [6.07, 6.45) is -2.45. The molecule has 0 bridgehead atoms. The Hall–Kier alpha value is -0.550. The first-order chi connectivity index (χ1) is 6.52. The smallest absolute Gasteiger partial charge is 0.326 e. The standard InChI is InChI=1S/C9H10F3NS/c10-9(11,12)8-7(5-1-2-5)3-6(4-13)14-8/h3,5H,1-2,4,13H2. The van der Waals surface area contributed by atoms with E-state index in [1.165, 1.54) is 0 Å². The Morgan fingerprint density at radius 1 is 1.43 bits per heavy atom. The number of rotatable bonds is 2. The number of halogens is 3. The first-order valence-corrected chi connectivity index (χ1v) is 5.24. The minimum atomic E-state index is -4.21. The molecule has 0 spiro atoms. The fourth-order valence-corrected chi connectivity index (χ4v) is 2.47. The third-order valence-corrected chi connectivity index (χ3v) is 3.51. The van der Waals surface area contributed by atoms with Crippen molar-refractivity contribution >= 4 is 11.3 Å². The second-order valence-electron chi connectivity index (χ2n) is 3.47. The number of hydrogen-bond acceptors (Lipinski definition) is 2. The molecular formula is C9H10F3NS. The van der Waals surface area contributed by atoms with Crippen molar-refractivity contribution in [3.8, 4) is 0 Å². The van der Waals surface area contributed by atoms with Gasteiger partial charge in [0.15, 0.2) is 0 Å². The molecule has 1 fully saturated rings. The normalized spacial score (nSPS) is 17.4. The van der Waals surface area contributed by atoms with E-state index in [1.54, 1.807) is 6.07 Å². The van der Waals surface area contributed by atoms with E-state index >= 15 is 0 Å². The first-order valence-electron chi connectivity index (χ1n) is 4.42. The lowest BCUT2D eigenvalue weighted by Gasteiger charge is -2.05. The summed E-state index contributed by atoms with van der Waals surface area (Å²) in [6, 6.07) is 1.62. The van der Waals surface area contributed by atoms with Crippen molar-refractivity contribution < 1.29 is 13.2 Å². The van der Waals surface area contributed by atoms with E-state index in [0.29, 0.717) is 10.4 Å². The molecule has 5 heteroatoms. The number of thiophene rings is 1. The minimum absolute atomic E-state index is 0.128. The van der Waals surface area contributed by atoms with E-state index < -0.39 is 11.1 Å². The summed E-state index contributed by atoms with van der Waals surface area (Å²) in [4.78, 5) is 0.180. The molecule has 1 nitrogen and oxygen atoms in total. The molecule has 2 rings (SSSR count). The molecule has 2 N–H and O–H groups in total. The van der Waals surface area contributed by atoms with Gasteiger partial charge in [-0.2, -0.15) is 13.2 Å². The molecule has 1 aliphatic carbocycles. The molecule has 1 aliphatic rings. The highest BCUT2D eigenvalue weighted by Crippen LogP contribution is 2.49. The van der Waals surface area contributed by atoms with Crippen LogP contribution in [-0.2, 0) is 12.7 Å². The Balaban J connectivity index is 2.40. The van der Waals surface area contributed by atoms with Gasteiger partial charge in [-0.15, -0.1) is 11.3 Å². The largest absolute Gasteiger partial charge is 0.425 e. The molecule has 78 valence electrons. The molecule has 0 amide bonds. The summed E-state index contributed by atoms with van der Waals surface area (Å²) in [7, 11) is 0. The molecular weight excluding hydrogens is 211 g/mol. The molecule has 0 aromatic carbocycles. The Bertz CT molecular complexity index is 338. The van der Waals surface area contributed by atoms with Crippen molar-refractivity contribution in [3.63, 3.8) is 0 Å². The van der Waals surface area contributed by atoms with Crippen LogP contribution < -0.4 is 5.73 Å². The van der Waals surface area contributed by atoms with Crippen molar-refractivity contribution in [2.45, 2.75) is 31.5 Å². The van der Waals surface area contributed by atoms with Gasteiger partial charge in [0.2, 0.25) is 0 Å². The predicted molar refractivity (Wildman–Crippen MR) is 49.2 cm³/mol. The molecule has 0 radical (unpaired) electrons. The molecule has 0 atom stereocenters. The zero-order valence-corrected chi connectivity index (χ0v) is 8.21. The van der Waals surface area contributed by atoms with Crippen LogP contribution in [0, 0.1) is 0 Å². The van der Waals surface area contributed by atoms with Gasteiger partial charge < -0.3 is 5.73 Å². The third kappa shape index (κ3) is 1.79. The Morgan fingerprint density at radius 3 is 2.50 bits per heavy atom. The maximum atomic E-state index is 12.6. The van der Waals surface area contributed by atoms with E-state index in [0.717, 1.165) is 24.2 Å². The van der Waals surface area contributed by atoms with Crippen molar-refractivity contribution in [1.82, 2.24) is 0 Å². The predicted octanol–water partition coefficient (Wildman–Crippen LogP) is 3.10. The lowest BCUT2D eigenvalue weighted by Crippen LogP contribution is -2.04. The number of alkyl halides is 3. The number of nitrogens with two attached hydrogens (primary N) is 1. The zero-order chi connectivity index (χ0) is 10.3. The van der Waals surface area contributed by atoms with Gasteiger partial charge in [-0.1, -0.05) is 0 Å². The quantitative estimate of drug-likeness (QED) is 0.815. The van der Waals surface area contributed by atoms with Gasteiger partial charge in [0.05, 0.1) is 0 Å². The van der Waals surface area contributed by atoms with Gasteiger partial charge in [-0.05, 0) is 30.4 Å². The Morgan fingerprint density at radius 2 is 2.07 bits per heavy atom. The minimum Gasteiger partial charge on any atom is -0.326 e. The lowest BCUT2D eigenvalue weighted by molar-refractivity contribution is -0.134. The Labute approximate surface area is 83.7 Å². The average Bonchev–Trinajstić information content (AvgIpc) is 2.83.